The van der Waals surface area contributed by atoms with E-state index in [1.54, 1.807) is 11.1 Å². The van der Waals surface area contributed by atoms with Crippen LogP contribution in [0.15, 0.2) is 24.3 Å². The third kappa shape index (κ3) is 0.714. The molecule has 0 saturated heterocycles. The lowest BCUT2D eigenvalue weighted by molar-refractivity contribution is 0.129. The van der Waals surface area contributed by atoms with Crippen molar-refractivity contribution in [3.8, 4) is 11.5 Å². The summed E-state index contributed by atoms with van der Waals surface area (Å²) >= 11 is 0. The van der Waals surface area contributed by atoms with Gasteiger partial charge in [0, 0.05) is 11.1 Å². The van der Waals surface area contributed by atoms with E-state index in [2.05, 4.69) is 24.3 Å². The Morgan fingerprint density at radius 1 is 0.818 bits per heavy atom. The molecule has 2 bridgehead atoms. The quantitative estimate of drug-likeness (QED) is 0.773. The van der Waals surface area contributed by atoms with Crippen molar-refractivity contribution in [3.63, 3.8) is 0 Å². The van der Waals surface area contributed by atoms with E-state index >= 15 is 0 Å². The molecule has 0 heterocycles. The van der Waals surface area contributed by atoms with Crippen LogP contribution in [0.2, 0.25) is 0 Å². The summed E-state index contributed by atoms with van der Waals surface area (Å²) in [5.74, 6) is 7.72. The minimum atomic E-state index is 0.600. The van der Waals surface area contributed by atoms with Gasteiger partial charge in [0.25, 0.3) is 0 Å². The smallest absolute Gasteiger partial charge is 0.122 e. The van der Waals surface area contributed by atoms with Gasteiger partial charge in [-0.3, -0.25) is 0 Å². The fraction of sp³-hybridized carbons (Fsp3) is 0.600. The van der Waals surface area contributed by atoms with Crippen LogP contribution in [0.4, 0.5) is 0 Å². The zero-order valence-corrected chi connectivity index (χ0v) is 13.0. The number of allylic oxidation sites excluding steroid dienone is 2. The van der Waals surface area contributed by atoms with Crippen LogP contribution in [0.25, 0.3) is 0 Å². The minimum Gasteiger partial charge on any atom is -0.496 e. The van der Waals surface area contributed by atoms with Gasteiger partial charge in [0.2, 0.25) is 0 Å². The number of benzene rings is 1. The Bertz CT molecular complexity index is 732. The molecule has 4 fully saturated rings. The van der Waals surface area contributed by atoms with Crippen molar-refractivity contribution in [2.24, 2.45) is 34.5 Å². The molecule has 0 aromatic heterocycles. The highest BCUT2D eigenvalue weighted by molar-refractivity contribution is 5.69. The molecule has 1 aromatic carbocycles. The molecule has 2 heteroatoms. The van der Waals surface area contributed by atoms with Gasteiger partial charge in [0.1, 0.15) is 11.5 Å². The molecule has 6 unspecified atom stereocenters. The van der Waals surface area contributed by atoms with Crippen LogP contribution in [0.5, 0.6) is 11.5 Å². The highest BCUT2D eigenvalue weighted by Crippen LogP contribution is 3.06. The summed E-state index contributed by atoms with van der Waals surface area (Å²) in [6.07, 6.45) is 7.59. The van der Waals surface area contributed by atoms with E-state index in [1.807, 2.05) is 14.2 Å². The average molecular weight is 292 g/mol. The van der Waals surface area contributed by atoms with E-state index in [4.69, 9.17) is 9.47 Å². The number of methoxy groups -OCH3 is 2. The molecule has 112 valence electrons. The Labute approximate surface area is 130 Å². The fourth-order valence-electron chi connectivity index (χ4n) is 8.68. The van der Waals surface area contributed by atoms with E-state index < -0.39 is 0 Å². The third-order valence-electron chi connectivity index (χ3n) is 8.70. The second kappa shape index (κ2) is 2.86. The van der Waals surface area contributed by atoms with Crippen LogP contribution in [0.1, 0.15) is 35.8 Å². The molecule has 1 aromatic rings. The van der Waals surface area contributed by atoms with Crippen LogP contribution in [-0.4, -0.2) is 14.2 Å². The van der Waals surface area contributed by atoms with Gasteiger partial charge in [0.05, 0.1) is 14.2 Å². The van der Waals surface area contributed by atoms with Gasteiger partial charge in [0.15, 0.2) is 0 Å². The maximum Gasteiger partial charge on any atom is 0.122 e. The van der Waals surface area contributed by atoms with Crippen LogP contribution >= 0.6 is 0 Å². The Morgan fingerprint density at radius 3 is 1.77 bits per heavy atom. The summed E-state index contributed by atoms with van der Waals surface area (Å²) in [5, 5.41) is 0. The van der Waals surface area contributed by atoms with Gasteiger partial charge in [-0.25, -0.2) is 0 Å². The van der Waals surface area contributed by atoms with Gasteiger partial charge in [-0.15, -0.1) is 0 Å². The minimum absolute atomic E-state index is 0.600. The summed E-state index contributed by atoms with van der Waals surface area (Å²) in [4.78, 5) is 0. The molecule has 7 aliphatic rings. The van der Waals surface area contributed by atoms with Crippen molar-refractivity contribution in [3.05, 3.63) is 35.4 Å². The molecule has 8 rings (SSSR count). The monoisotopic (exact) mass is 292 g/mol. The predicted molar refractivity (Wildman–Crippen MR) is 82.2 cm³/mol. The van der Waals surface area contributed by atoms with Crippen LogP contribution in [-0.2, 0) is 0 Å². The lowest BCUT2D eigenvalue weighted by atomic mass is 9.53. The first-order chi connectivity index (χ1) is 10.8. The van der Waals surface area contributed by atoms with Gasteiger partial charge in [-0.05, 0) is 71.3 Å². The van der Waals surface area contributed by atoms with Crippen LogP contribution in [0, 0.1) is 34.5 Å². The summed E-state index contributed by atoms with van der Waals surface area (Å²) in [5.41, 5.74) is 4.29. The molecule has 7 aliphatic carbocycles. The summed E-state index contributed by atoms with van der Waals surface area (Å²) in [7, 11) is 3.67. The van der Waals surface area contributed by atoms with Gasteiger partial charge < -0.3 is 9.47 Å². The molecule has 0 N–H and O–H groups in total. The highest BCUT2D eigenvalue weighted by atomic mass is 16.5. The Morgan fingerprint density at radius 2 is 1.32 bits per heavy atom. The van der Waals surface area contributed by atoms with Crippen LogP contribution < -0.4 is 9.47 Å². The van der Waals surface area contributed by atoms with E-state index in [-0.39, 0.29) is 0 Å². The third-order valence-corrected chi connectivity index (χ3v) is 8.70. The fourth-order valence-corrected chi connectivity index (χ4v) is 8.68. The first kappa shape index (κ1) is 11.2. The standard InChI is InChI=1S/C20H20O2/c1-21-9-5-6-10(22-2)12-11(9)16-13-14-15(13)18-19(16)7-3-4-8-20(18,19)17(12)14/h3-6,13-18H,7-8H2,1-2H3. The van der Waals surface area contributed by atoms with Crippen molar-refractivity contribution in [2.75, 3.05) is 14.2 Å². The van der Waals surface area contributed by atoms with Gasteiger partial charge >= 0.3 is 0 Å². The molecule has 6 atom stereocenters. The lowest BCUT2D eigenvalue weighted by Gasteiger charge is -2.50. The molecule has 0 radical (unpaired) electrons. The Balaban J connectivity index is 1.60. The number of rotatable bonds is 2. The van der Waals surface area contributed by atoms with E-state index in [1.165, 1.54) is 12.8 Å². The highest BCUT2D eigenvalue weighted by Gasteiger charge is 3.01. The zero-order valence-electron chi connectivity index (χ0n) is 13.0. The second-order valence-electron chi connectivity index (χ2n) is 8.42. The largest absolute Gasteiger partial charge is 0.496 e. The topological polar surface area (TPSA) is 18.5 Å². The van der Waals surface area contributed by atoms with Gasteiger partial charge in [-0.1, -0.05) is 12.2 Å². The Kier molecular flexibility index (Phi) is 1.45. The van der Waals surface area contributed by atoms with Gasteiger partial charge in [-0.2, -0.15) is 0 Å². The molecular formula is C20H20O2. The molecule has 2 nitrogen and oxygen atoms in total. The zero-order chi connectivity index (χ0) is 14.4. The van der Waals surface area contributed by atoms with E-state index in [0.717, 1.165) is 47.0 Å². The van der Waals surface area contributed by atoms with E-state index in [0.29, 0.717) is 10.8 Å². The molecule has 2 spiro atoms. The van der Waals surface area contributed by atoms with Crippen molar-refractivity contribution < 1.29 is 9.47 Å². The normalized spacial score (nSPS) is 55.5. The SMILES string of the molecule is COc1ccc(OC)c2c1C1C3C4C3C3C15CC=CCC35C24. The summed E-state index contributed by atoms with van der Waals surface area (Å²) in [6, 6.07) is 4.29. The van der Waals surface area contributed by atoms with E-state index in [9.17, 15) is 0 Å². The molecule has 0 amide bonds. The number of hydrogen-bond donors (Lipinski definition) is 0. The molecule has 4 saturated carbocycles. The second-order valence-corrected chi connectivity index (χ2v) is 8.42. The maximum absolute atomic E-state index is 5.81. The first-order valence-electron chi connectivity index (χ1n) is 8.72. The maximum atomic E-state index is 5.81. The number of ether oxygens (including phenoxy) is 2. The molecule has 22 heavy (non-hydrogen) atoms. The van der Waals surface area contributed by atoms with Crippen molar-refractivity contribution in [1.82, 2.24) is 0 Å². The number of hydrogen-bond acceptors (Lipinski definition) is 2. The Hall–Kier alpha value is -1.44. The summed E-state index contributed by atoms with van der Waals surface area (Å²) in [6.45, 7) is 0. The first-order valence-corrected chi connectivity index (χ1v) is 8.72. The predicted octanol–water partition coefficient (Wildman–Crippen LogP) is 3.73. The molecule has 0 aliphatic heterocycles. The molecular weight excluding hydrogens is 272 g/mol. The lowest BCUT2D eigenvalue weighted by Crippen LogP contribution is -2.41. The average Bonchev–Trinajstić information content (AvgIpc) is 3.37. The van der Waals surface area contributed by atoms with Crippen molar-refractivity contribution >= 4 is 0 Å². The summed E-state index contributed by atoms with van der Waals surface area (Å²) < 4.78 is 11.6. The van der Waals surface area contributed by atoms with Crippen LogP contribution in [0.3, 0.4) is 0 Å². The van der Waals surface area contributed by atoms with Crippen molar-refractivity contribution in [2.45, 2.75) is 24.7 Å². The van der Waals surface area contributed by atoms with Crippen molar-refractivity contribution in [1.29, 1.82) is 0 Å².